The van der Waals surface area contributed by atoms with E-state index in [2.05, 4.69) is 5.32 Å². The van der Waals surface area contributed by atoms with Gasteiger partial charge in [0.25, 0.3) is 0 Å². The zero-order valence-electron chi connectivity index (χ0n) is 12.1. The minimum Gasteiger partial charge on any atom is -0.326 e. The van der Waals surface area contributed by atoms with Crippen molar-refractivity contribution in [2.24, 2.45) is 5.92 Å². The molecule has 0 aromatic heterocycles. The fourth-order valence-electron chi connectivity index (χ4n) is 2.31. The van der Waals surface area contributed by atoms with Crippen molar-refractivity contribution in [1.82, 2.24) is 0 Å². The normalized spacial score (nSPS) is 17.9. The van der Waals surface area contributed by atoms with Crippen LogP contribution in [0.15, 0.2) is 24.3 Å². The van der Waals surface area contributed by atoms with Gasteiger partial charge in [0.15, 0.2) is 5.12 Å². The molecule has 2 amide bonds. The zero-order chi connectivity index (χ0) is 15.4. The molecule has 2 rings (SSSR count). The Morgan fingerprint density at radius 2 is 1.95 bits per heavy atom. The van der Waals surface area contributed by atoms with E-state index in [1.165, 1.54) is 18.7 Å². The third-order valence-electron chi connectivity index (χ3n) is 3.23. The van der Waals surface area contributed by atoms with Crippen molar-refractivity contribution < 1.29 is 14.4 Å². The first-order valence-corrected chi connectivity index (χ1v) is 7.75. The lowest BCUT2D eigenvalue weighted by atomic mass is 10.1. The lowest BCUT2D eigenvalue weighted by molar-refractivity contribution is -0.117. The van der Waals surface area contributed by atoms with Crippen LogP contribution in [0.3, 0.4) is 0 Å². The maximum absolute atomic E-state index is 12.1. The highest BCUT2D eigenvalue weighted by molar-refractivity contribution is 8.13. The van der Waals surface area contributed by atoms with Crippen LogP contribution in [0.5, 0.6) is 0 Å². The number of benzene rings is 1. The molecule has 5 nitrogen and oxygen atoms in total. The highest BCUT2D eigenvalue weighted by atomic mass is 32.2. The first kappa shape index (κ1) is 15.6. The molecule has 1 saturated heterocycles. The summed E-state index contributed by atoms with van der Waals surface area (Å²) in [7, 11) is 0. The molecule has 0 aliphatic carbocycles. The van der Waals surface area contributed by atoms with E-state index in [-0.39, 0.29) is 22.8 Å². The molecule has 1 aromatic carbocycles. The number of hydrogen-bond acceptors (Lipinski definition) is 4. The van der Waals surface area contributed by atoms with Gasteiger partial charge >= 0.3 is 0 Å². The van der Waals surface area contributed by atoms with Crippen LogP contribution in [-0.4, -0.2) is 29.2 Å². The molecule has 1 unspecified atom stereocenters. The van der Waals surface area contributed by atoms with E-state index in [1.807, 2.05) is 12.1 Å². The lowest BCUT2D eigenvalue weighted by Crippen LogP contribution is -2.24. The molecule has 1 aliphatic heterocycles. The second-order valence-corrected chi connectivity index (χ2v) is 6.30. The zero-order valence-corrected chi connectivity index (χ0v) is 12.9. The van der Waals surface area contributed by atoms with Gasteiger partial charge < -0.3 is 10.2 Å². The average Bonchev–Trinajstić information content (AvgIpc) is 2.78. The van der Waals surface area contributed by atoms with E-state index in [1.54, 1.807) is 24.0 Å². The van der Waals surface area contributed by atoms with Gasteiger partial charge in [-0.05, 0) is 30.2 Å². The van der Waals surface area contributed by atoms with Crippen molar-refractivity contribution in [1.29, 1.82) is 0 Å². The highest BCUT2D eigenvalue weighted by Crippen LogP contribution is 2.28. The van der Waals surface area contributed by atoms with Crippen LogP contribution >= 0.6 is 11.8 Å². The first-order chi connectivity index (χ1) is 9.95. The molecule has 1 heterocycles. The Morgan fingerprint density at radius 1 is 1.29 bits per heavy atom. The molecule has 6 heteroatoms. The number of carbonyl (C=O) groups excluding carboxylic acids is 3. The van der Waals surface area contributed by atoms with Gasteiger partial charge in [0.1, 0.15) is 0 Å². The van der Waals surface area contributed by atoms with Crippen molar-refractivity contribution in [3.8, 4) is 0 Å². The third-order valence-corrected chi connectivity index (χ3v) is 4.27. The molecule has 1 aromatic rings. The van der Waals surface area contributed by atoms with E-state index in [0.717, 1.165) is 5.69 Å². The number of nitrogens with zero attached hydrogens (tertiary/aromatic N) is 1. The summed E-state index contributed by atoms with van der Waals surface area (Å²) in [6.07, 6.45) is 0.480. The van der Waals surface area contributed by atoms with E-state index in [4.69, 9.17) is 0 Å². The van der Waals surface area contributed by atoms with Gasteiger partial charge in [0, 0.05) is 43.9 Å². The van der Waals surface area contributed by atoms with Crippen LogP contribution in [0.1, 0.15) is 20.3 Å². The van der Waals surface area contributed by atoms with Gasteiger partial charge in [-0.1, -0.05) is 11.8 Å². The number of anilines is 2. The van der Waals surface area contributed by atoms with Gasteiger partial charge in [0.2, 0.25) is 11.8 Å². The maximum atomic E-state index is 12.1. The van der Waals surface area contributed by atoms with Crippen molar-refractivity contribution in [2.45, 2.75) is 20.3 Å². The summed E-state index contributed by atoms with van der Waals surface area (Å²) < 4.78 is 0. The Hall–Kier alpha value is -1.82. The summed E-state index contributed by atoms with van der Waals surface area (Å²) in [5.41, 5.74) is 1.53. The van der Waals surface area contributed by atoms with Crippen LogP contribution in [0.4, 0.5) is 11.4 Å². The Balaban J connectivity index is 1.99. The van der Waals surface area contributed by atoms with Gasteiger partial charge in [-0.25, -0.2) is 0 Å². The summed E-state index contributed by atoms with van der Waals surface area (Å²) in [6, 6.07) is 7.21. The maximum Gasteiger partial charge on any atom is 0.227 e. The fourth-order valence-corrected chi connectivity index (χ4v) is 3.00. The average molecular weight is 306 g/mol. The number of amides is 2. The standard InChI is InChI=1S/C15H18N2O3S/c1-10(18)16-13-3-5-14(6-4-13)17-8-12(7-15(17)20)9-21-11(2)19/h3-6,12H,7-9H2,1-2H3,(H,16,18). The molecule has 21 heavy (non-hydrogen) atoms. The fraction of sp³-hybridized carbons (Fsp3) is 0.400. The molecule has 1 N–H and O–H groups in total. The van der Waals surface area contributed by atoms with Crippen molar-refractivity contribution >= 4 is 40.1 Å². The number of thioether (sulfide) groups is 1. The molecule has 112 valence electrons. The van der Waals surface area contributed by atoms with E-state index in [9.17, 15) is 14.4 Å². The number of hydrogen-bond donors (Lipinski definition) is 1. The molecule has 0 saturated carbocycles. The Bertz CT molecular complexity index is 557. The summed E-state index contributed by atoms with van der Waals surface area (Å²) in [4.78, 5) is 35.8. The second kappa shape index (κ2) is 6.76. The minimum atomic E-state index is -0.124. The molecule has 0 spiro atoms. The summed E-state index contributed by atoms with van der Waals surface area (Å²) in [5.74, 6) is 0.848. The molecular weight excluding hydrogens is 288 g/mol. The van der Waals surface area contributed by atoms with Crippen LogP contribution in [-0.2, 0) is 14.4 Å². The van der Waals surface area contributed by atoms with Crippen molar-refractivity contribution in [3.05, 3.63) is 24.3 Å². The quantitative estimate of drug-likeness (QED) is 0.926. The number of nitrogens with one attached hydrogen (secondary N) is 1. The predicted molar refractivity (Wildman–Crippen MR) is 84.3 cm³/mol. The van der Waals surface area contributed by atoms with Crippen LogP contribution < -0.4 is 10.2 Å². The second-order valence-electron chi connectivity index (χ2n) is 5.11. The largest absolute Gasteiger partial charge is 0.326 e. The molecule has 1 aliphatic rings. The van der Waals surface area contributed by atoms with Crippen LogP contribution in [0, 0.1) is 5.92 Å². The lowest BCUT2D eigenvalue weighted by Gasteiger charge is -2.17. The Labute approximate surface area is 128 Å². The SMILES string of the molecule is CC(=O)Nc1ccc(N2CC(CSC(C)=O)CC2=O)cc1. The van der Waals surface area contributed by atoms with Gasteiger partial charge in [-0.15, -0.1) is 0 Å². The molecule has 1 fully saturated rings. The Kier molecular flexibility index (Phi) is 5.01. The van der Waals surface area contributed by atoms with Crippen LogP contribution in [0.25, 0.3) is 0 Å². The van der Waals surface area contributed by atoms with E-state index < -0.39 is 0 Å². The molecule has 0 bridgehead atoms. The smallest absolute Gasteiger partial charge is 0.227 e. The Morgan fingerprint density at radius 3 is 2.52 bits per heavy atom. The van der Waals surface area contributed by atoms with E-state index in [0.29, 0.717) is 24.4 Å². The number of rotatable bonds is 4. The van der Waals surface area contributed by atoms with Gasteiger partial charge in [-0.2, -0.15) is 0 Å². The van der Waals surface area contributed by atoms with Crippen molar-refractivity contribution in [3.63, 3.8) is 0 Å². The monoisotopic (exact) mass is 306 g/mol. The third kappa shape index (κ3) is 4.32. The number of carbonyl (C=O) groups is 3. The summed E-state index contributed by atoms with van der Waals surface area (Å²) in [5, 5.41) is 2.78. The van der Waals surface area contributed by atoms with E-state index >= 15 is 0 Å². The van der Waals surface area contributed by atoms with Gasteiger partial charge in [0.05, 0.1) is 0 Å². The minimum absolute atomic E-state index is 0.0800. The van der Waals surface area contributed by atoms with Crippen LogP contribution in [0.2, 0.25) is 0 Å². The molecular formula is C15H18N2O3S. The van der Waals surface area contributed by atoms with Gasteiger partial charge in [-0.3, -0.25) is 14.4 Å². The topological polar surface area (TPSA) is 66.5 Å². The predicted octanol–water partition coefficient (Wildman–Crippen LogP) is 2.28. The highest BCUT2D eigenvalue weighted by Gasteiger charge is 2.30. The molecule has 1 atom stereocenters. The summed E-state index contributed by atoms with van der Waals surface area (Å²) >= 11 is 1.27. The molecule has 0 radical (unpaired) electrons. The van der Waals surface area contributed by atoms with Crippen molar-refractivity contribution in [2.75, 3.05) is 22.5 Å². The summed E-state index contributed by atoms with van der Waals surface area (Å²) in [6.45, 7) is 3.63. The first-order valence-electron chi connectivity index (χ1n) is 6.77.